The van der Waals surface area contributed by atoms with E-state index < -0.39 is 0 Å². The van der Waals surface area contributed by atoms with Crippen molar-refractivity contribution in [3.63, 3.8) is 0 Å². The normalized spacial score (nSPS) is 10.6. The van der Waals surface area contributed by atoms with Crippen LogP contribution in [0.5, 0.6) is 5.75 Å². The number of amides is 1. The van der Waals surface area contributed by atoms with Gasteiger partial charge in [0.1, 0.15) is 5.75 Å². The summed E-state index contributed by atoms with van der Waals surface area (Å²) in [5.74, 6) is 0.306. The Bertz CT molecular complexity index is 684. The molecule has 0 spiro atoms. The van der Waals surface area contributed by atoms with Crippen LogP contribution >= 0.6 is 23.2 Å². The van der Waals surface area contributed by atoms with Crippen molar-refractivity contribution in [1.82, 2.24) is 0 Å². The van der Waals surface area contributed by atoms with Crippen LogP contribution < -0.4 is 10.1 Å². The molecule has 3 nitrogen and oxygen atoms in total. The fourth-order valence-corrected chi connectivity index (χ4v) is 2.17. The van der Waals surface area contributed by atoms with Crippen molar-refractivity contribution in [2.45, 2.75) is 0 Å². The van der Waals surface area contributed by atoms with Crippen LogP contribution in [0.25, 0.3) is 6.08 Å². The summed E-state index contributed by atoms with van der Waals surface area (Å²) in [6.45, 7) is 0. The molecular weight excluding hydrogens is 309 g/mol. The third-order valence-corrected chi connectivity index (χ3v) is 3.23. The summed E-state index contributed by atoms with van der Waals surface area (Å²) in [5, 5.41) is 3.78. The summed E-state index contributed by atoms with van der Waals surface area (Å²) in [6.07, 6.45) is 3.12. The predicted octanol–water partition coefficient (Wildman–Crippen LogP) is 4.65. The first-order valence-electron chi connectivity index (χ1n) is 6.16. The van der Waals surface area contributed by atoms with E-state index in [9.17, 15) is 4.79 Å². The number of carbonyl (C=O) groups is 1. The molecule has 0 aliphatic heterocycles. The largest absolute Gasteiger partial charge is 0.495 e. The number of ether oxygens (including phenoxy) is 1. The maximum Gasteiger partial charge on any atom is 0.248 e. The van der Waals surface area contributed by atoms with Gasteiger partial charge in [0.2, 0.25) is 5.91 Å². The van der Waals surface area contributed by atoms with Crippen LogP contribution in [0.4, 0.5) is 5.69 Å². The fraction of sp³-hybridized carbons (Fsp3) is 0.0625. The summed E-state index contributed by atoms with van der Waals surface area (Å²) < 4.78 is 5.05. The van der Waals surface area contributed by atoms with Crippen molar-refractivity contribution in [3.8, 4) is 5.75 Å². The number of methoxy groups -OCH3 is 1. The van der Waals surface area contributed by atoms with Crippen LogP contribution in [-0.4, -0.2) is 13.0 Å². The van der Waals surface area contributed by atoms with Crippen LogP contribution in [0.2, 0.25) is 10.0 Å². The third-order valence-electron chi connectivity index (χ3n) is 2.70. The van der Waals surface area contributed by atoms with Crippen molar-refractivity contribution in [1.29, 1.82) is 0 Å². The van der Waals surface area contributed by atoms with Crippen molar-refractivity contribution in [3.05, 3.63) is 64.1 Å². The smallest absolute Gasteiger partial charge is 0.248 e. The molecule has 0 aliphatic rings. The van der Waals surface area contributed by atoms with E-state index in [0.29, 0.717) is 21.5 Å². The first-order chi connectivity index (χ1) is 10.1. The van der Waals surface area contributed by atoms with E-state index >= 15 is 0 Å². The molecule has 1 N–H and O–H groups in total. The van der Waals surface area contributed by atoms with E-state index in [4.69, 9.17) is 27.9 Å². The highest BCUT2D eigenvalue weighted by atomic mass is 35.5. The highest BCUT2D eigenvalue weighted by Crippen LogP contribution is 2.27. The Balaban J connectivity index is 2.03. The Hall–Kier alpha value is -1.97. The van der Waals surface area contributed by atoms with Gasteiger partial charge in [-0.1, -0.05) is 35.3 Å². The lowest BCUT2D eigenvalue weighted by Crippen LogP contribution is -2.07. The van der Waals surface area contributed by atoms with E-state index in [-0.39, 0.29) is 5.91 Å². The number of carbonyl (C=O) groups excluding carboxylic acids is 1. The minimum atomic E-state index is -0.254. The molecule has 0 radical (unpaired) electrons. The van der Waals surface area contributed by atoms with Crippen molar-refractivity contribution >= 4 is 40.9 Å². The third kappa shape index (κ3) is 4.52. The second kappa shape index (κ2) is 7.16. The number of anilines is 1. The summed E-state index contributed by atoms with van der Waals surface area (Å²) >= 11 is 11.9. The van der Waals surface area contributed by atoms with Crippen LogP contribution in [-0.2, 0) is 4.79 Å². The summed E-state index contributed by atoms with van der Waals surface area (Å²) in [5.41, 5.74) is 1.45. The molecule has 2 aromatic carbocycles. The Kier molecular flexibility index (Phi) is 5.26. The molecule has 2 aromatic rings. The molecule has 0 saturated heterocycles. The highest BCUT2D eigenvalue weighted by molar-refractivity contribution is 6.32. The first kappa shape index (κ1) is 15.4. The molecule has 1 amide bonds. The molecule has 0 bridgehead atoms. The van der Waals surface area contributed by atoms with Gasteiger partial charge in [-0.05, 0) is 42.0 Å². The zero-order chi connectivity index (χ0) is 15.2. The zero-order valence-corrected chi connectivity index (χ0v) is 12.8. The van der Waals surface area contributed by atoms with Gasteiger partial charge in [0, 0.05) is 16.8 Å². The van der Waals surface area contributed by atoms with Gasteiger partial charge in [-0.2, -0.15) is 0 Å². The van der Waals surface area contributed by atoms with Gasteiger partial charge in [-0.3, -0.25) is 4.79 Å². The highest BCUT2D eigenvalue weighted by Gasteiger charge is 2.03. The number of benzene rings is 2. The van der Waals surface area contributed by atoms with E-state index in [1.54, 1.807) is 36.4 Å². The van der Waals surface area contributed by atoms with E-state index in [2.05, 4.69) is 5.32 Å². The van der Waals surface area contributed by atoms with Gasteiger partial charge in [0.15, 0.2) is 0 Å². The minimum Gasteiger partial charge on any atom is -0.495 e. The number of rotatable bonds is 4. The standard InChI is InChI=1S/C16H13Cl2NO2/c1-21-15-7-6-13(10-14(15)18)19-16(20)8-5-11-3-2-4-12(17)9-11/h2-10H,1H3,(H,19,20)/b8-5+. The lowest BCUT2D eigenvalue weighted by molar-refractivity contribution is -0.111. The van der Waals surface area contributed by atoms with Crippen LogP contribution in [0.3, 0.4) is 0 Å². The fourth-order valence-electron chi connectivity index (χ4n) is 1.71. The van der Waals surface area contributed by atoms with Gasteiger partial charge in [-0.25, -0.2) is 0 Å². The van der Waals surface area contributed by atoms with Gasteiger partial charge in [0.05, 0.1) is 12.1 Å². The van der Waals surface area contributed by atoms with Crippen molar-refractivity contribution in [2.24, 2.45) is 0 Å². The van der Waals surface area contributed by atoms with Crippen LogP contribution in [0, 0.1) is 0 Å². The Morgan fingerprint density at radius 2 is 2.00 bits per heavy atom. The first-order valence-corrected chi connectivity index (χ1v) is 6.92. The molecule has 0 heterocycles. The number of hydrogen-bond donors (Lipinski definition) is 1. The maximum absolute atomic E-state index is 11.8. The molecule has 0 atom stereocenters. The molecule has 21 heavy (non-hydrogen) atoms. The Morgan fingerprint density at radius 1 is 1.19 bits per heavy atom. The maximum atomic E-state index is 11.8. The van der Waals surface area contributed by atoms with Crippen molar-refractivity contribution in [2.75, 3.05) is 12.4 Å². The topological polar surface area (TPSA) is 38.3 Å². The summed E-state index contributed by atoms with van der Waals surface area (Å²) in [7, 11) is 1.53. The van der Waals surface area contributed by atoms with Gasteiger partial charge in [0.25, 0.3) is 0 Å². The molecule has 0 unspecified atom stereocenters. The second-order valence-corrected chi connectivity index (χ2v) is 5.07. The Labute approximate surface area is 133 Å². The minimum absolute atomic E-state index is 0.254. The van der Waals surface area contributed by atoms with Gasteiger partial charge >= 0.3 is 0 Å². The van der Waals surface area contributed by atoms with E-state index in [1.807, 2.05) is 12.1 Å². The average molecular weight is 322 g/mol. The number of nitrogens with one attached hydrogen (secondary N) is 1. The van der Waals surface area contributed by atoms with Crippen LogP contribution in [0.15, 0.2) is 48.5 Å². The van der Waals surface area contributed by atoms with Crippen LogP contribution in [0.1, 0.15) is 5.56 Å². The molecule has 2 rings (SSSR count). The van der Waals surface area contributed by atoms with Crippen molar-refractivity contribution < 1.29 is 9.53 Å². The molecule has 108 valence electrons. The quantitative estimate of drug-likeness (QED) is 0.832. The number of halogens is 2. The predicted molar refractivity (Wildman–Crippen MR) is 87.1 cm³/mol. The van der Waals surface area contributed by atoms with E-state index in [1.165, 1.54) is 13.2 Å². The molecular formula is C16H13Cl2NO2. The monoisotopic (exact) mass is 321 g/mol. The number of hydrogen-bond acceptors (Lipinski definition) is 2. The van der Waals surface area contributed by atoms with E-state index in [0.717, 1.165) is 5.56 Å². The second-order valence-electron chi connectivity index (χ2n) is 4.23. The summed E-state index contributed by atoms with van der Waals surface area (Å²) in [6, 6.07) is 12.3. The van der Waals surface area contributed by atoms with Gasteiger partial charge in [-0.15, -0.1) is 0 Å². The average Bonchev–Trinajstić information content (AvgIpc) is 2.45. The lowest BCUT2D eigenvalue weighted by atomic mass is 10.2. The lowest BCUT2D eigenvalue weighted by Gasteiger charge is -2.06. The van der Waals surface area contributed by atoms with Gasteiger partial charge < -0.3 is 10.1 Å². The molecule has 0 aliphatic carbocycles. The zero-order valence-electron chi connectivity index (χ0n) is 11.3. The summed E-state index contributed by atoms with van der Waals surface area (Å²) in [4.78, 5) is 11.8. The Morgan fingerprint density at radius 3 is 2.67 bits per heavy atom. The molecule has 0 fully saturated rings. The SMILES string of the molecule is COc1ccc(NC(=O)/C=C/c2cccc(Cl)c2)cc1Cl. The molecule has 0 saturated carbocycles. The molecule has 5 heteroatoms. The molecule has 0 aromatic heterocycles.